The van der Waals surface area contributed by atoms with Gasteiger partial charge in [0.15, 0.2) is 5.79 Å². The van der Waals surface area contributed by atoms with Gasteiger partial charge in [-0.2, -0.15) is 0 Å². The number of hydrogen-bond donors (Lipinski definition) is 1. The SMILES string of the molecule is CCOC(O)=C1CCC2(CC1)OCCCO2. The Balaban J connectivity index is 1.93. The van der Waals surface area contributed by atoms with Crippen LogP contribution in [0.15, 0.2) is 11.5 Å². The van der Waals surface area contributed by atoms with Crippen molar-refractivity contribution in [2.75, 3.05) is 19.8 Å². The highest BCUT2D eigenvalue weighted by Gasteiger charge is 2.38. The Morgan fingerprint density at radius 3 is 2.50 bits per heavy atom. The van der Waals surface area contributed by atoms with E-state index in [9.17, 15) is 5.11 Å². The highest BCUT2D eigenvalue weighted by atomic mass is 16.7. The third-order valence-corrected chi connectivity index (χ3v) is 3.22. The quantitative estimate of drug-likeness (QED) is 0.738. The predicted molar refractivity (Wildman–Crippen MR) is 59.0 cm³/mol. The number of hydrogen-bond acceptors (Lipinski definition) is 4. The van der Waals surface area contributed by atoms with Gasteiger partial charge in [-0.15, -0.1) is 0 Å². The standard InChI is InChI=1S/C12H20O4/c1-2-14-11(13)10-4-6-12(7-5-10)15-8-3-9-16-12/h13H,2-9H2,1H3. The van der Waals surface area contributed by atoms with Crippen LogP contribution in [0.25, 0.3) is 0 Å². The topological polar surface area (TPSA) is 47.9 Å². The molecule has 4 nitrogen and oxygen atoms in total. The molecule has 2 fully saturated rings. The Hall–Kier alpha value is -0.740. The molecule has 0 bridgehead atoms. The number of aliphatic hydroxyl groups excluding tert-OH is 1. The first-order chi connectivity index (χ1) is 7.76. The smallest absolute Gasteiger partial charge is 0.275 e. The Labute approximate surface area is 96.2 Å². The van der Waals surface area contributed by atoms with E-state index in [1.54, 1.807) is 0 Å². The van der Waals surface area contributed by atoms with Crippen molar-refractivity contribution in [2.45, 2.75) is 44.8 Å². The van der Waals surface area contributed by atoms with E-state index in [1.165, 1.54) is 0 Å². The molecule has 1 heterocycles. The van der Waals surface area contributed by atoms with E-state index in [0.29, 0.717) is 6.61 Å². The Bertz CT molecular complexity index is 254. The van der Waals surface area contributed by atoms with Crippen molar-refractivity contribution in [3.05, 3.63) is 11.5 Å². The van der Waals surface area contributed by atoms with Gasteiger partial charge in [0.25, 0.3) is 5.95 Å². The molecule has 2 rings (SSSR count). The summed E-state index contributed by atoms with van der Waals surface area (Å²) < 4.78 is 16.6. The molecular weight excluding hydrogens is 208 g/mol. The van der Waals surface area contributed by atoms with Crippen LogP contribution in [0.3, 0.4) is 0 Å². The van der Waals surface area contributed by atoms with Crippen LogP contribution in [0.5, 0.6) is 0 Å². The van der Waals surface area contributed by atoms with Gasteiger partial charge in [0, 0.05) is 18.4 Å². The molecule has 16 heavy (non-hydrogen) atoms. The van der Waals surface area contributed by atoms with Crippen molar-refractivity contribution in [3.63, 3.8) is 0 Å². The van der Waals surface area contributed by atoms with E-state index in [-0.39, 0.29) is 11.7 Å². The van der Waals surface area contributed by atoms with Crippen LogP contribution in [-0.4, -0.2) is 30.7 Å². The minimum Gasteiger partial charge on any atom is -0.481 e. The summed E-state index contributed by atoms with van der Waals surface area (Å²) in [6.45, 7) is 3.95. The highest BCUT2D eigenvalue weighted by Crippen LogP contribution is 2.38. The number of allylic oxidation sites excluding steroid dienone is 1. The number of ether oxygens (including phenoxy) is 3. The number of aliphatic hydroxyl groups is 1. The Kier molecular flexibility index (Phi) is 3.71. The van der Waals surface area contributed by atoms with Gasteiger partial charge in [-0.05, 0) is 26.2 Å². The van der Waals surface area contributed by atoms with Crippen LogP contribution >= 0.6 is 0 Å². The first-order valence-electron chi connectivity index (χ1n) is 6.07. The fraction of sp³-hybridized carbons (Fsp3) is 0.833. The van der Waals surface area contributed by atoms with E-state index in [1.807, 2.05) is 6.92 Å². The maximum Gasteiger partial charge on any atom is 0.275 e. The fourth-order valence-corrected chi connectivity index (χ4v) is 2.29. The summed E-state index contributed by atoms with van der Waals surface area (Å²) in [5, 5.41) is 9.64. The van der Waals surface area contributed by atoms with Crippen molar-refractivity contribution in [3.8, 4) is 0 Å². The largest absolute Gasteiger partial charge is 0.481 e. The lowest BCUT2D eigenvalue weighted by Crippen LogP contribution is -2.42. The summed E-state index contributed by atoms with van der Waals surface area (Å²) in [5.41, 5.74) is 0.991. The summed E-state index contributed by atoms with van der Waals surface area (Å²) in [7, 11) is 0. The maximum atomic E-state index is 9.64. The molecule has 1 aliphatic carbocycles. The fourth-order valence-electron chi connectivity index (χ4n) is 2.29. The lowest BCUT2D eigenvalue weighted by atomic mass is 9.89. The Morgan fingerprint density at radius 2 is 1.94 bits per heavy atom. The van der Waals surface area contributed by atoms with E-state index >= 15 is 0 Å². The molecule has 0 radical (unpaired) electrons. The zero-order chi connectivity index (χ0) is 11.4. The normalized spacial score (nSPS) is 24.4. The van der Waals surface area contributed by atoms with Crippen LogP contribution in [0.1, 0.15) is 39.0 Å². The molecule has 1 saturated carbocycles. The van der Waals surface area contributed by atoms with Gasteiger partial charge in [-0.1, -0.05) is 0 Å². The lowest BCUT2D eigenvalue weighted by molar-refractivity contribution is -0.276. The van der Waals surface area contributed by atoms with Crippen molar-refractivity contribution < 1.29 is 19.3 Å². The molecule has 0 aromatic heterocycles. The summed E-state index contributed by atoms with van der Waals surface area (Å²) in [6, 6.07) is 0. The zero-order valence-electron chi connectivity index (χ0n) is 9.83. The van der Waals surface area contributed by atoms with E-state index in [2.05, 4.69) is 0 Å². The molecule has 1 N–H and O–H groups in total. The van der Waals surface area contributed by atoms with Gasteiger partial charge < -0.3 is 19.3 Å². The molecule has 0 aromatic carbocycles. The van der Waals surface area contributed by atoms with E-state index in [0.717, 1.165) is 50.9 Å². The molecular formula is C12H20O4. The van der Waals surface area contributed by atoms with Gasteiger partial charge >= 0.3 is 0 Å². The molecule has 4 heteroatoms. The summed E-state index contributed by atoms with van der Waals surface area (Å²) in [6.07, 6.45) is 4.21. The molecule has 1 saturated heterocycles. The molecule has 0 unspecified atom stereocenters. The van der Waals surface area contributed by atoms with E-state index < -0.39 is 0 Å². The molecule has 0 aromatic rings. The highest BCUT2D eigenvalue weighted by molar-refractivity contribution is 5.08. The molecule has 1 aliphatic heterocycles. The Morgan fingerprint density at radius 1 is 1.31 bits per heavy atom. The monoisotopic (exact) mass is 228 g/mol. The van der Waals surface area contributed by atoms with Crippen molar-refractivity contribution in [2.24, 2.45) is 0 Å². The van der Waals surface area contributed by atoms with Gasteiger partial charge in [0.1, 0.15) is 0 Å². The van der Waals surface area contributed by atoms with Gasteiger partial charge in [-0.25, -0.2) is 0 Å². The van der Waals surface area contributed by atoms with Gasteiger partial charge in [0.2, 0.25) is 0 Å². The van der Waals surface area contributed by atoms with Crippen molar-refractivity contribution in [1.29, 1.82) is 0 Å². The van der Waals surface area contributed by atoms with E-state index in [4.69, 9.17) is 14.2 Å². The summed E-state index contributed by atoms with van der Waals surface area (Å²) in [5.74, 6) is -0.276. The van der Waals surface area contributed by atoms with Crippen molar-refractivity contribution >= 4 is 0 Å². The van der Waals surface area contributed by atoms with Gasteiger partial charge in [-0.3, -0.25) is 0 Å². The maximum absolute atomic E-state index is 9.64. The first-order valence-corrected chi connectivity index (χ1v) is 6.07. The number of rotatable bonds is 2. The van der Waals surface area contributed by atoms with Crippen molar-refractivity contribution in [1.82, 2.24) is 0 Å². The second kappa shape index (κ2) is 5.06. The third-order valence-electron chi connectivity index (χ3n) is 3.22. The van der Waals surface area contributed by atoms with Crippen LogP contribution in [0.4, 0.5) is 0 Å². The van der Waals surface area contributed by atoms with Crippen LogP contribution in [0.2, 0.25) is 0 Å². The summed E-state index contributed by atoms with van der Waals surface area (Å²) >= 11 is 0. The molecule has 0 amide bonds. The van der Waals surface area contributed by atoms with Gasteiger partial charge in [0.05, 0.1) is 19.8 Å². The third kappa shape index (κ3) is 2.50. The van der Waals surface area contributed by atoms with Crippen LogP contribution < -0.4 is 0 Å². The lowest BCUT2D eigenvalue weighted by Gasteiger charge is -2.40. The van der Waals surface area contributed by atoms with Crippen LogP contribution in [0, 0.1) is 0 Å². The predicted octanol–water partition coefficient (Wildman–Crippen LogP) is 2.50. The minimum absolute atomic E-state index is 0.105. The zero-order valence-corrected chi connectivity index (χ0v) is 9.83. The molecule has 1 spiro atoms. The second-order valence-electron chi connectivity index (χ2n) is 4.30. The second-order valence-corrected chi connectivity index (χ2v) is 4.30. The molecule has 92 valence electrons. The minimum atomic E-state index is -0.381. The average molecular weight is 228 g/mol. The molecule has 2 aliphatic rings. The summed E-state index contributed by atoms with van der Waals surface area (Å²) in [4.78, 5) is 0. The average Bonchev–Trinajstić information content (AvgIpc) is 2.31. The van der Waals surface area contributed by atoms with Crippen LogP contribution in [-0.2, 0) is 14.2 Å². The molecule has 0 atom stereocenters. The first kappa shape index (κ1) is 11.7.